The number of aryl methyl sites for hydroxylation is 2. The van der Waals surface area contributed by atoms with Crippen LogP contribution in [-0.4, -0.2) is 20.6 Å². The number of H-pyrrole nitrogens is 1. The lowest BCUT2D eigenvalue weighted by Crippen LogP contribution is -2.23. The molecule has 0 radical (unpaired) electrons. The standard InChI is InChI=1S/C18H16N2O3S/c1-11-2-4-12(5-3-11)8-9-20-16(21)14-7-6-13(17(22)23)10-15(14)19-18(20)24/h2-7,10H,8-9H2,1H3,(H,19,24)(H,22,23). The quantitative estimate of drug-likeness (QED) is 0.715. The first-order valence-electron chi connectivity index (χ1n) is 7.51. The summed E-state index contributed by atoms with van der Waals surface area (Å²) in [7, 11) is 0. The molecule has 3 rings (SSSR count). The van der Waals surface area contributed by atoms with Gasteiger partial charge in [-0.25, -0.2) is 4.79 Å². The van der Waals surface area contributed by atoms with E-state index in [1.165, 1.54) is 28.3 Å². The number of carbonyl (C=O) groups is 1. The van der Waals surface area contributed by atoms with E-state index >= 15 is 0 Å². The normalized spacial score (nSPS) is 10.9. The zero-order chi connectivity index (χ0) is 17.3. The predicted octanol–water partition coefficient (Wildman–Crippen LogP) is 3.31. The van der Waals surface area contributed by atoms with Gasteiger partial charge in [-0.1, -0.05) is 29.8 Å². The minimum Gasteiger partial charge on any atom is -0.478 e. The first kappa shape index (κ1) is 16.1. The maximum Gasteiger partial charge on any atom is 0.335 e. The van der Waals surface area contributed by atoms with Gasteiger partial charge >= 0.3 is 5.97 Å². The number of fused-ring (bicyclic) bond motifs is 1. The fourth-order valence-corrected chi connectivity index (χ4v) is 2.87. The highest BCUT2D eigenvalue weighted by molar-refractivity contribution is 7.71. The summed E-state index contributed by atoms with van der Waals surface area (Å²) in [5, 5.41) is 9.47. The van der Waals surface area contributed by atoms with E-state index in [1.54, 1.807) is 0 Å². The molecule has 2 aromatic carbocycles. The molecular weight excluding hydrogens is 324 g/mol. The number of nitrogens with zero attached hydrogens (tertiary/aromatic N) is 1. The van der Waals surface area contributed by atoms with Gasteiger partial charge < -0.3 is 10.1 Å². The Labute approximate surface area is 143 Å². The van der Waals surface area contributed by atoms with Gasteiger partial charge in [-0.15, -0.1) is 0 Å². The molecule has 0 bridgehead atoms. The molecule has 1 heterocycles. The van der Waals surface area contributed by atoms with Gasteiger partial charge in [0, 0.05) is 6.54 Å². The van der Waals surface area contributed by atoms with Crippen LogP contribution >= 0.6 is 12.2 Å². The number of carboxylic acids is 1. The van der Waals surface area contributed by atoms with Gasteiger partial charge in [0.1, 0.15) is 0 Å². The van der Waals surface area contributed by atoms with Crippen LogP contribution in [0.4, 0.5) is 0 Å². The molecule has 0 amide bonds. The summed E-state index contributed by atoms with van der Waals surface area (Å²) in [4.78, 5) is 26.6. The maximum absolute atomic E-state index is 12.6. The Morgan fingerprint density at radius 1 is 1.21 bits per heavy atom. The van der Waals surface area contributed by atoms with Crippen molar-refractivity contribution in [3.05, 3.63) is 74.3 Å². The molecule has 0 spiro atoms. The highest BCUT2D eigenvalue weighted by atomic mass is 32.1. The third-order valence-corrected chi connectivity index (χ3v) is 4.30. The molecule has 24 heavy (non-hydrogen) atoms. The number of carboxylic acid groups (broad SMARTS) is 1. The van der Waals surface area contributed by atoms with E-state index in [4.69, 9.17) is 17.3 Å². The van der Waals surface area contributed by atoms with Crippen LogP contribution in [0.5, 0.6) is 0 Å². The number of aromatic carboxylic acids is 1. The summed E-state index contributed by atoms with van der Waals surface area (Å²) < 4.78 is 1.81. The summed E-state index contributed by atoms with van der Waals surface area (Å²) in [5.74, 6) is -1.04. The zero-order valence-corrected chi connectivity index (χ0v) is 13.9. The lowest BCUT2D eigenvalue weighted by atomic mass is 10.1. The molecule has 1 aromatic heterocycles. The van der Waals surface area contributed by atoms with Crippen molar-refractivity contribution in [3.8, 4) is 0 Å². The molecule has 0 atom stereocenters. The molecule has 6 heteroatoms. The van der Waals surface area contributed by atoms with E-state index in [-0.39, 0.29) is 11.1 Å². The van der Waals surface area contributed by atoms with Gasteiger partial charge in [-0.2, -0.15) is 0 Å². The number of hydrogen-bond acceptors (Lipinski definition) is 3. The van der Waals surface area contributed by atoms with Crippen molar-refractivity contribution in [2.24, 2.45) is 0 Å². The Morgan fingerprint density at radius 3 is 2.58 bits per heavy atom. The number of aromatic amines is 1. The second kappa shape index (κ2) is 6.41. The monoisotopic (exact) mass is 340 g/mol. The summed E-state index contributed by atoms with van der Waals surface area (Å²) in [5.41, 5.74) is 2.66. The molecule has 0 aliphatic rings. The second-order valence-electron chi connectivity index (χ2n) is 5.69. The van der Waals surface area contributed by atoms with Gasteiger partial charge in [0.25, 0.3) is 5.56 Å². The molecule has 122 valence electrons. The van der Waals surface area contributed by atoms with Crippen molar-refractivity contribution in [3.63, 3.8) is 0 Å². The molecule has 2 N–H and O–H groups in total. The number of benzene rings is 2. The molecule has 0 aliphatic heterocycles. The molecule has 0 aliphatic carbocycles. The number of aromatic nitrogens is 2. The van der Waals surface area contributed by atoms with Gasteiger partial charge in [0.05, 0.1) is 16.5 Å². The Bertz CT molecular complexity index is 1030. The number of nitrogens with one attached hydrogen (secondary N) is 1. The van der Waals surface area contributed by atoms with Crippen molar-refractivity contribution < 1.29 is 9.90 Å². The smallest absolute Gasteiger partial charge is 0.335 e. The fourth-order valence-electron chi connectivity index (χ4n) is 2.59. The minimum absolute atomic E-state index is 0.116. The Morgan fingerprint density at radius 2 is 1.92 bits per heavy atom. The largest absolute Gasteiger partial charge is 0.478 e. The van der Waals surface area contributed by atoms with Crippen molar-refractivity contribution in [1.82, 2.24) is 9.55 Å². The molecule has 5 nitrogen and oxygen atoms in total. The third-order valence-electron chi connectivity index (χ3n) is 3.97. The van der Waals surface area contributed by atoms with Crippen LogP contribution in [0, 0.1) is 11.7 Å². The van der Waals surface area contributed by atoms with E-state index in [9.17, 15) is 9.59 Å². The van der Waals surface area contributed by atoms with Crippen molar-refractivity contribution in [1.29, 1.82) is 0 Å². The number of hydrogen-bond donors (Lipinski definition) is 2. The maximum atomic E-state index is 12.6. The van der Waals surface area contributed by atoms with E-state index in [0.717, 1.165) is 5.56 Å². The van der Waals surface area contributed by atoms with Crippen LogP contribution < -0.4 is 5.56 Å². The SMILES string of the molecule is Cc1ccc(CCn2c(=S)[nH]c3cc(C(=O)O)ccc3c2=O)cc1. The Balaban J connectivity index is 1.98. The van der Waals surface area contributed by atoms with Crippen LogP contribution in [-0.2, 0) is 13.0 Å². The lowest BCUT2D eigenvalue weighted by molar-refractivity contribution is 0.0697. The van der Waals surface area contributed by atoms with Crippen LogP contribution in [0.2, 0.25) is 0 Å². The summed E-state index contributed by atoms with van der Waals surface area (Å²) in [6.45, 7) is 2.49. The third kappa shape index (κ3) is 3.14. The highest BCUT2D eigenvalue weighted by Gasteiger charge is 2.09. The molecule has 0 saturated heterocycles. The summed E-state index contributed by atoms with van der Waals surface area (Å²) >= 11 is 5.27. The predicted molar refractivity (Wildman–Crippen MR) is 95.2 cm³/mol. The van der Waals surface area contributed by atoms with Crippen LogP contribution in [0.25, 0.3) is 10.9 Å². The Kier molecular flexibility index (Phi) is 4.31. The minimum atomic E-state index is -1.04. The zero-order valence-electron chi connectivity index (χ0n) is 13.1. The van der Waals surface area contributed by atoms with Crippen LogP contribution in [0.15, 0.2) is 47.3 Å². The van der Waals surface area contributed by atoms with E-state index in [2.05, 4.69) is 4.98 Å². The van der Waals surface area contributed by atoms with Crippen molar-refractivity contribution in [2.75, 3.05) is 0 Å². The van der Waals surface area contributed by atoms with Gasteiger partial charge in [0.2, 0.25) is 0 Å². The summed E-state index contributed by atoms with van der Waals surface area (Å²) in [6.07, 6.45) is 0.691. The van der Waals surface area contributed by atoms with E-state index in [0.29, 0.717) is 28.6 Å². The lowest BCUT2D eigenvalue weighted by Gasteiger charge is -2.09. The van der Waals surface area contributed by atoms with Gasteiger partial charge in [-0.3, -0.25) is 9.36 Å². The summed E-state index contributed by atoms with van der Waals surface area (Å²) in [6, 6.07) is 12.5. The first-order chi connectivity index (χ1) is 11.5. The molecular formula is C18H16N2O3S. The van der Waals surface area contributed by atoms with Crippen molar-refractivity contribution in [2.45, 2.75) is 19.9 Å². The first-order valence-corrected chi connectivity index (χ1v) is 7.92. The second-order valence-corrected chi connectivity index (χ2v) is 6.07. The van der Waals surface area contributed by atoms with Crippen molar-refractivity contribution >= 4 is 29.1 Å². The molecule has 3 aromatic rings. The van der Waals surface area contributed by atoms with Crippen LogP contribution in [0.3, 0.4) is 0 Å². The van der Waals surface area contributed by atoms with Gasteiger partial charge in [-0.05, 0) is 49.3 Å². The fraction of sp³-hybridized carbons (Fsp3) is 0.167. The molecule has 0 fully saturated rings. The number of rotatable bonds is 4. The Hall–Kier alpha value is -2.73. The average Bonchev–Trinajstić information content (AvgIpc) is 2.55. The van der Waals surface area contributed by atoms with Gasteiger partial charge in [0.15, 0.2) is 4.77 Å². The van der Waals surface area contributed by atoms with Crippen LogP contribution in [0.1, 0.15) is 21.5 Å². The molecule has 0 unspecified atom stereocenters. The van der Waals surface area contributed by atoms with E-state index in [1.807, 2.05) is 31.2 Å². The highest BCUT2D eigenvalue weighted by Crippen LogP contribution is 2.11. The van der Waals surface area contributed by atoms with E-state index < -0.39 is 5.97 Å². The average molecular weight is 340 g/mol. The molecule has 0 saturated carbocycles. The topological polar surface area (TPSA) is 75.1 Å².